The fraction of sp³-hybridized carbons (Fsp3) is 0.533. The van der Waals surface area contributed by atoms with E-state index in [9.17, 15) is 4.79 Å². The molecule has 1 aliphatic rings. The van der Waals surface area contributed by atoms with Crippen LogP contribution >= 0.6 is 11.8 Å². The number of hydrogen-bond acceptors (Lipinski definition) is 3. The summed E-state index contributed by atoms with van der Waals surface area (Å²) in [6.07, 6.45) is 3.95. The van der Waals surface area contributed by atoms with Crippen molar-refractivity contribution in [1.82, 2.24) is 5.32 Å². The molecule has 2 rings (SSSR count). The highest BCUT2D eigenvalue weighted by Crippen LogP contribution is 2.24. The Bertz CT molecular complexity index is 416. The molecule has 3 nitrogen and oxygen atoms in total. The number of amides is 1. The summed E-state index contributed by atoms with van der Waals surface area (Å²) in [5.41, 5.74) is 2.00. The predicted octanol–water partition coefficient (Wildman–Crippen LogP) is 2.81. The zero-order valence-electron chi connectivity index (χ0n) is 11.4. The molecule has 1 saturated heterocycles. The molecule has 0 radical (unpaired) electrons. The van der Waals surface area contributed by atoms with Crippen LogP contribution in [-0.4, -0.2) is 30.0 Å². The number of carbonyl (C=O) groups is 1. The van der Waals surface area contributed by atoms with Gasteiger partial charge in [0.2, 0.25) is 5.91 Å². The molecule has 4 heteroatoms. The van der Waals surface area contributed by atoms with Crippen molar-refractivity contribution in [3.8, 4) is 0 Å². The number of nitrogens with one attached hydrogen (secondary N) is 2. The molecule has 2 N–H and O–H groups in total. The molecule has 1 amide bonds. The van der Waals surface area contributed by atoms with Gasteiger partial charge in [0.15, 0.2) is 0 Å². The van der Waals surface area contributed by atoms with Gasteiger partial charge < -0.3 is 10.6 Å². The lowest BCUT2D eigenvalue weighted by Gasteiger charge is -2.21. The number of benzene rings is 1. The Morgan fingerprint density at radius 1 is 1.37 bits per heavy atom. The maximum Gasteiger partial charge on any atom is 0.238 e. The summed E-state index contributed by atoms with van der Waals surface area (Å²) in [6, 6.07) is 7.85. The highest BCUT2D eigenvalue weighted by atomic mass is 32.2. The molecular weight excluding hydrogens is 256 g/mol. The van der Waals surface area contributed by atoms with E-state index in [1.807, 2.05) is 43.0 Å². The van der Waals surface area contributed by atoms with Crippen molar-refractivity contribution in [2.45, 2.75) is 31.4 Å². The lowest BCUT2D eigenvalue weighted by molar-refractivity contribution is -0.115. The molecule has 0 aromatic heterocycles. The Morgan fingerprint density at radius 3 is 2.95 bits per heavy atom. The fourth-order valence-corrected chi connectivity index (χ4v) is 3.50. The van der Waals surface area contributed by atoms with E-state index >= 15 is 0 Å². The van der Waals surface area contributed by atoms with Gasteiger partial charge in [0.1, 0.15) is 0 Å². The summed E-state index contributed by atoms with van der Waals surface area (Å²) in [5.74, 6) is 1.30. The van der Waals surface area contributed by atoms with E-state index in [0.717, 1.165) is 17.8 Å². The lowest BCUT2D eigenvalue weighted by atomic mass is 10.2. The summed E-state index contributed by atoms with van der Waals surface area (Å²) >= 11 is 2.03. The van der Waals surface area contributed by atoms with Crippen LogP contribution in [0.25, 0.3) is 0 Å². The Kier molecular flexibility index (Phi) is 5.73. The summed E-state index contributed by atoms with van der Waals surface area (Å²) < 4.78 is 0. The summed E-state index contributed by atoms with van der Waals surface area (Å²) in [5, 5.41) is 6.88. The van der Waals surface area contributed by atoms with E-state index < -0.39 is 0 Å². The summed E-state index contributed by atoms with van der Waals surface area (Å²) in [6.45, 7) is 3.33. The highest BCUT2D eigenvalue weighted by molar-refractivity contribution is 7.99. The predicted molar refractivity (Wildman–Crippen MR) is 82.8 cm³/mol. The van der Waals surface area contributed by atoms with E-state index in [1.54, 1.807) is 0 Å². The van der Waals surface area contributed by atoms with Crippen molar-refractivity contribution in [2.24, 2.45) is 0 Å². The number of aryl methyl sites for hydroxylation is 1. The third-order valence-corrected chi connectivity index (χ3v) is 4.75. The van der Waals surface area contributed by atoms with E-state index in [1.165, 1.54) is 25.0 Å². The second-order valence-corrected chi connectivity index (χ2v) is 6.39. The first-order chi connectivity index (χ1) is 9.25. The van der Waals surface area contributed by atoms with Gasteiger partial charge in [-0.25, -0.2) is 0 Å². The van der Waals surface area contributed by atoms with Crippen LogP contribution in [0, 0.1) is 6.92 Å². The molecule has 0 aliphatic carbocycles. The topological polar surface area (TPSA) is 41.1 Å². The zero-order chi connectivity index (χ0) is 13.5. The minimum atomic E-state index is 0.0371. The first-order valence-electron chi connectivity index (χ1n) is 6.93. The van der Waals surface area contributed by atoms with Crippen molar-refractivity contribution in [1.29, 1.82) is 0 Å². The van der Waals surface area contributed by atoms with Crippen LogP contribution in [0.15, 0.2) is 24.3 Å². The average molecular weight is 278 g/mol. The average Bonchev–Trinajstić information content (AvgIpc) is 2.43. The van der Waals surface area contributed by atoms with E-state index in [-0.39, 0.29) is 5.91 Å². The Balaban J connectivity index is 1.68. The van der Waals surface area contributed by atoms with Crippen LogP contribution in [0.5, 0.6) is 0 Å². The molecule has 1 atom stereocenters. The Labute approximate surface area is 119 Å². The van der Waals surface area contributed by atoms with Gasteiger partial charge in [0, 0.05) is 17.5 Å². The second-order valence-electron chi connectivity index (χ2n) is 4.98. The number of carbonyl (C=O) groups excluding carboxylic acids is 1. The summed E-state index contributed by atoms with van der Waals surface area (Å²) in [7, 11) is 0. The van der Waals surface area contributed by atoms with E-state index in [4.69, 9.17) is 0 Å². The molecule has 1 fully saturated rings. The molecule has 0 saturated carbocycles. The SMILES string of the molecule is Cc1ccccc1NC(=O)CNCC1CCCCS1. The van der Waals surface area contributed by atoms with Gasteiger partial charge in [-0.2, -0.15) is 11.8 Å². The van der Waals surface area contributed by atoms with Gasteiger partial charge in [-0.3, -0.25) is 4.79 Å². The molecule has 1 aromatic rings. The van der Waals surface area contributed by atoms with Gasteiger partial charge >= 0.3 is 0 Å². The van der Waals surface area contributed by atoms with Gasteiger partial charge in [-0.1, -0.05) is 24.6 Å². The van der Waals surface area contributed by atoms with Crippen LogP contribution < -0.4 is 10.6 Å². The second kappa shape index (κ2) is 7.56. The first kappa shape index (κ1) is 14.4. The smallest absolute Gasteiger partial charge is 0.238 e. The number of hydrogen-bond donors (Lipinski definition) is 2. The third kappa shape index (κ3) is 4.88. The quantitative estimate of drug-likeness (QED) is 0.870. The normalized spacial score (nSPS) is 19.1. The molecular formula is C15H22N2OS. The van der Waals surface area contributed by atoms with Crippen molar-refractivity contribution >= 4 is 23.4 Å². The Hall–Kier alpha value is -1.000. The van der Waals surface area contributed by atoms with Crippen LogP contribution in [0.2, 0.25) is 0 Å². The van der Waals surface area contributed by atoms with Crippen molar-refractivity contribution in [3.05, 3.63) is 29.8 Å². The van der Waals surface area contributed by atoms with E-state index in [0.29, 0.717) is 11.8 Å². The number of thioether (sulfide) groups is 1. The van der Waals surface area contributed by atoms with Crippen LogP contribution in [-0.2, 0) is 4.79 Å². The van der Waals surface area contributed by atoms with Crippen molar-refractivity contribution in [2.75, 3.05) is 24.2 Å². The molecule has 104 valence electrons. The van der Waals surface area contributed by atoms with Gasteiger partial charge in [-0.05, 0) is 37.1 Å². The Morgan fingerprint density at radius 2 is 2.21 bits per heavy atom. The molecule has 0 spiro atoms. The van der Waals surface area contributed by atoms with Crippen LogP contribution in [0.4, 0.5) is 5.69 Å². The van der Waals surface area contributed by atoms with Crippen LogP contribution in [0.3, 0.4) is 0 Å². The monoisotopic (exact) mass is 278 g/mol. The molecule has 1 aliphatic heterocycles. The molecule has 1 aromatic carbocycles. The molecule has 1 unspecified atom stereocenters. The largest absolute Gasteiger partial charge is 0.325 e. The number of anilines is 1. The number of para-hydroxylation sites is 1. The van der Waals surface area contributed by atoms with E-state index in [2.05, 4.69) is 10.6 Å². The van der Waals surface area contributed by atoms with Crippen molar-refractivity contribution < 1.29 is 4.79 Å². The maximum atomic E-state index is 11.8. The zero-order valence-corrected chi connectivity index (χ0v) is 12.3. The maximum absolute atomic E-state index is 11.8. The molecule has 0 bridgehead atoms. The minimum Gasteiger partial charge on any atom is -0.325 e. The minimum absolute atomic E-state index is 0.0371. The van der Waals surface area contributed by atoms with Gasteiger partial charge in [-0.15, -0.1) is 0 Å². The fourth-order valence-electron chi connectivity index (χ4n) is 2.22. The lowest BCUT2D eigenvalue weighted by Crippen LogP contribution is -2.33. The summed E-state index contributed by atoms with van der Waals surface area (Å²) in [4.78, 5) is 11.8. The van der Waals surface area contributed by atoms with Gasteiger partial charge in [0.25, 0.3) is 0 Å². The first-order valence-corrected chi connectivity index (χ1v) is 7.98. The third-order valence-electron chi connectivity index (χ3n) is 3.35. The standard InChI is InChI=1S/C15H22N2OS/c1-12-6-2-3-8-14(12)17-15(18)11-16-10-13-7-4-5-9-19-13/h2-3,6,8,13,16H,4-5,7,9-11H2,1H3,(H,17,18). The molecule has 19 heavy (non-hydrogen) atoms. The molecule has 1 heterocycles. The number of rotatable bonds is 5. The van der Waals surface area contributed by atoms with Gasteiger partial charge in [0.05, 0.1) is 6.54 Å². The van der Waals surface area contributed by atoms with Crippen molar-refractivity contribution in [3.63, 3.8) is 0 Å². The van der Waals surface area contributed by atoms with Crippen LogP contribution in [0.1, 0.15) is 24.8 Å². The highest BCUT2D eigenvalue weighted by Gasteiger charge is 2.13.